The summed E-state index contributed by atoms with van der Waals surface area (Å²) in [6.45, 7) is 15.6. The van der Waals surface area contributed by atoms with Gasteiger partial charge in [-0.1, -0.05) is 12.8 Å². The van der Waals surface area contributed by atoms with Crippen LogP contribution in [0.25, 0.3) is 0 Å². The van der Waals surface area contributed by atoms with Crippen LogP contribution in [0.4, 0.5) is 4.79 Å². The average molecular weight is 298 g/mol. The molecule has 0 aromatic carbocycles. The molecule has 1 fully saturated rings. The van der Waals surface area contributed by atoms with Gasteiger partial charge in [-0.25, -0.2) is 4.79 Å². The number of nitrogens with one attached hydrogen (secondary N) is 1. The lowest BCUT2D eigenvalue weighted by Crippen LogP contribution is -2.50. The van der Waals surface area contributed by atoms with Gasteiger partial charge in [-0.15, -0.1) is 0 Å². The SMILES string of the molecule is CC(CC1CC1)NCCN(C(=O)OC(C)(C)C)C(C)(C)C. The molecule has 1 amide bonds. The Kier molecular flexibility index (Phi) is 6.09. The molecule has 0 saturated heterocycles. The third kappa shape index (κ3) is 7.70. The molecule has 0 bridgehead atoms. The Hall–Kier alpha value is -0.770. The number of nitrogens with zero attached hydrogens (tertiary/aromatic N) is 1. The van der Waals surface area contributed by atoms with Crippen LogP contribution in [0.1, 0.15) is 67.7 Å². The van der Waals surface area contributed by atoms with Gasteiger partial charge < -0.3 is 15.0 Å². The summed E-state index contributed by atoms with van der Waals surface area (Å²) in [7, 11) is 0. The fraction of sp³-hybridized carbons (Fsp3) is 0.941. The summed E-state index contributed by atoms with van der Waals surface area (Å²) < 4.78 is 5.52. The number of ether oxygens (including phenoxy) is 1. The van der Waals surface area contributed by atoms with Gasteiger partial charge in [-0.2, -0.15) is 0 Å². The summed E-state index contributed by atoms with van der Waals surface area (Å²) >= 11 is 0. The lowest BCUT2D eigenvalue weighted by Gasteiger charge is -2.37. The van der Waals surface area contributed by atoms with Crippen molar-refractivity contribution in [2.45, 2.75) is 84.9 Å². The maximum Gasteiger partial charge on any atom is 0.410 e. The van der Waals surface area contributed by atoms with Crippen molar-refractivity contribution in [3.05, 3.63) is 0 Å². The number of carbonyl (C=O) groups is 1. The molecule has 1 aliphatic rings. The second-order valence-electron chi connectivity index (χ2n) is 8.34. The Morgan fingerprint density at radius 1 is 1.24 bits per heavy atom. The zero-order valence-electron chi connectivity index (χ0n) is 15.0. The van der Waals surface area contributed by atoms with Crippen LogP contribution in [0.3, 0.4) is 0 Å². The van der Waals surface area contributed by atoms with E-state index >= 15 is 0 Å². The Bertz CT molecular complexity index is 338. The second-order valence-corrected chi connectivity index (χ2v) is 8.34. The third-order valence-corrected chi connectivity index (χ3v) is 3.64. The van der Waals surface area contributed by atoms with Crippen LogP contribution in [0, 0.1) is 5.92 Å². The monoisotopic (exact) mass is 298 g/mol. The number of hydrogen-bond acceptors (Lipinski definition) is 3. The van der Waals surface area contributed by atoms with E-state index in [0.29, 0.717) is 12.6 Å². The maximum atomic E-state index is 12.3. The first-order valence-corrected chi connectivity index (χ1v) is 8.23. The molecule has 0 radical (unpaired) electrons. The van der Waals surface area contributed by atoms with Crippen molar-refractivity contribution in [1.82, 2.24) is 10.2 Å². The van der Waals surface area contributed by atoms with Crippen molar-refractivity contribution >= 4 is 6.09 Å². The molecule has 1 rings (SSSR count). The minimum Gasteiger partial charge on any atom is -0.444 e. The first-order valence-electron chi connectivity index (χ1n) is 8.23. The first-order chi connectivity index (χ1) is 9.49. The molecule has 21 heavy (non-hydrogen) atoms. The van der Waals surface area contributed by atoms with Crippen molar-refractivity contribution in [2.75, 3.05) is 13.1 Å². The van der Waals surface area contributed by atoms with Gasteiger partial charge in [0.15, 0.2) is 0 Å². The summed E-state index contributed by atoms with van der Waals surface area (Å²) in [5, 5.41) is 3.52. The molecule has 0 aromatic rings. The van der Waals surface area contributed by atoms with E-state index < -0.39 is 5.60 Å². The molecule has 0 aromatic heterocycles. The van der Waals surface area contributed by atoms with E-state index in [1.54, 1.807) is 0 Å². The van der Waals surface area contributed by atoms with Gasteiger partial charge in [0.1, 0.15) is 5.60 Å². The van der Waals surface area contributed by atoms with E-state index in [1.165, 1.54) is 19.3 Å². The number of amides is 1. The summed E-state index contributed by atoms with van der Waals surface area (Å²) in [5.41, 5.74) is -0.684. The standard InChI is InChI=1S/C17H34N2O2/c1-13(12-14-8-9-14)18-10-11-19(16(2,3)4)15(20)21-17(5,6)7/h13-14,18H,8-12H2,1-7H3. The van der Waals surface area contributed by atoms with Crippen LogP contribution in [-0.2, 0) is 4.74 Å². The third-order valence-electron chi connectivity index (χ3n) is 3.64. The topological polar surface area (TPSA) is 41.6 Å². The molecule has 1 aliphatic carbocycles. The zero-order valence-corrected chi connectivity index (χ0v) is 15.0. The number of rotatable bonds is 6. The van der Waals surface area contributed by atoms with E-state index in [-0.39, 0.29) is 11.6 Å². The Morgan fingerprint density at radius 3 is 2.24 bits per heavy atom. The van der Waals surface area contributed by atoms with Gasteiger partial charge in [0.25, 0.3) is 0 Å². The van der Waals surface area contributed by atoms with Crippen LogP contribution >= 0.6 is 0 Å². The van der Waals surface area contributed by atoms with E-state index in [0.717, 1.165) is 12.5 Å². The average Bonchev–Trinajstić information content (AvgIpc) is 3.03. The predicted octanol–water partition coefficient (Wildman–Crippen LogP) is 3.80. The van der Waals surface area contributed by atoms with Crippen LogP contribution in [0.2, 0.25) is 0 Å². The smallest absolute Gasteiger partial charge is 0.410 e. The number of hydrogen-bond donors (Lipinski definition) is 1. The highest BCUT2D eigenvalue weighted by atomic mass is 16.6. The van der Waals surface area contributed by atoms with Crippen molar-refractivity contribution in [2.24, 2.45) is 5.92 Å². The molecule has 0 aliphatic heterocycles. The summed E-state index contributed by atoms with van der Waals surface area (Å²) in [6.07, 6.45) is 3.80. The van der Waals surface area contributed by atoms with E-state index in [2.05, 4.69) is 12.2 Å². The zero-order chi connectivity index (χ0) is 16.3. The molecule has 0 spiro atoms. The van der Waals surface area contributed by atoms with Gasteiger partial charge in [-0.3, -0.25) is 0 Å². The molecule has 1 unspecified atom stereocenters. The molecule has 0 heterocycles. The molecular weight excluding hydrogens is 264 g/mol. The summed E-state index contributed by atoms with van der Waals surface area (Å²) in [5.74, 6) is 0.928. The summed E-state index contributed by atoms with van der Waals surface area (Å²) in [4.78, 5) is 14.2. The fourth-order valence-electron chi connectivity index (χ4n) is 2.38. The van der Waals surface area contributed by atoms with Crippen molar-refractivity contribution in [3.63, 3.8) is 0 Å². The molecule has 4 heteroatoms. The van der Waals surface area contributed by atoms with Crippen molar-refractivity contribution in [3.8, 4) is 0 Å². The van der Waals surface area contributed by atoms with Crippen LogP contribution in [-0.4, -0.2) is 41.3 Å². The quantitative estimate of drug-likeness (QED) is 0.811. The Morgan fingerprint density at radius 2 is 1.81 bits per heavy atom. The van der Waals surface area contributed by atoms with Gasteiger partial charge in [0, 0.05) is 24.7 Å². The van der Waals surface area contributed by atoms with Gasteiger partial charge in [0.05, 0.1) is 0 Å². The van der Waals surface area contributed by atoms with Gasteiger partial charge in [0.2, 0.25) is 0 Å². The minimum atomic E-state index is -0.451. The highest BCUT2D eigenvalue weighted by Crippen LogP contribution is 2.33. The van der Waals surface area contributed by atoms with E-state index in [1.807, 2.05) is 46.4 Å². The second kappa shape index (κ2) is 6.99. The molecule has 124 valence electrons. The largest absolute Gasteiger partial charge is 0.444 e. The highest BCUT2D eigenvalue weighted by molar-refractivity contribution is 5.69. The van der Waals surface area contributed by atoms with Crippen LogP contribution in [0.5, 0.6) is 0 Å². The van der Waals surface area contributed by atoms with E-state index in [9.17, 15) is 4.79 Å². The highest BCUT2D eigenvalue weighted by Gasteiger charge is 2.30. The summed E-state index contributed by atoms with van der Waals surface area (Å²) in [6, 6.07) is 0.526. The number of carbonyl (C=O) groups excluding carboxylic acids is 1. The molecule has 1 saturated carbocycles. The fourth-order valence-corrected chi connectivity index (χ4v) is 2.38. The van der Waals surface area contributed by atoms with E-state index in [4.69, 9.17) is 4.74 Å². The normalized spacial score (nSPS) is 17.5. The predicted molar refractivity (Wildman–Crippen MR) is 87.5 cm³/mol. The Balaban J connectivity index is 2.44. The van der Waals surface area contributed by atoms with Gasteiger partial charge in [-0.05, 0) is 60.8 Å². The minimum absolute atomic E-state index is 0.230. The molecule has 1 N–H and O–H groups in total. The van der Waals surface area contributed by atoms with Crippen molar-refractivity contribution in [1.29, 1.82) is 0 Å². The molecular formula is C17H34N2O2. The lowest BCUT2D eigenvalue weighted by atomic mass is 10.1. The molecule has 4 nitrogen and oxygen atoms in total. The molecule has 1 atom stereocenters. The first kappa shape index (κ1) is 18.3. The lowest BCUT2D eigenvalue weighted by molar-refractivity contribution is 0.00646. The van der Waals surface area contributed by atoms with Crippen molar-refractivity contribution < 1.29 is 9.53 Å². The van der Waals surface area contributed by atoms with Crippen LogP contribution in [0.15, 0.2) is 0 Å². The van der Waals surface area contributed by atoms with Gasteiger partial charge >= 0.3 is 6.09 Å². The maximum absolute atomic E-state index is 12.3. The van der Waals surface area contributed by atoms with Crippen LogP contribution < -0.4 is 5.32 Å². The Labute approximate surface area is 130 Å².